The number of nitrogens with zero attached hydrogens (tertiary/aromatic N) is 1. The molecule has 1 aliphatic rings. The minimum absolute atomic E-state index is 0.0543. The van der Waals surface area contributed by atoms with Gasteiger partial charge < -0.3 is 4.90 Å². The molecule has 0 saturated carbocycles. The normalized spacial score (nSPS) is 20.2. The summed E-state index contributed by atoms with van der Waals surface area (Å²) in [6.07, 6.45) is 0.207. The van der Waals surface area contributed by atoms with Crippen LogP contribution in [0.5, 0.6) is 0 Å². The first-order chi connectivity index (χ1) is 7.58. The largest absolute Gasteiger partial charge is 0.312 e. The van der Waals surface area contributed by atoms with E-state index in [1.54, 1.807) is 4.90 Å². The van der Waals surface area contributed by atoms with Gasteiger partial charge in [-0.2, -0.15) is 0 Å². The Balaban J connectivity index is 2.20. The SMILES string of the molecule is O=C(Cl)[C@@H]1CC(=O)N(c2ccc(Br)cc2)C1. The molecule has 1 fully saturated rings. The molecule has 0 aliphatic carbocycles. The number of halogens is 2. The zero-order chi connectivity index (χ0) is 11.7. The molecule has 3 nitrogen and oxygen atoms in total. The fraction of sp³-hybridized carbons (Fsp3) is 0.273. The molecular formula is C11H9BrClNO2. The van der Waals surface area contributed by atoms with Gasteiger partial charge in [0.25, 0.3) is 0 Å². The summed E-state index contributed by atoms with van der Waals surface area (Å²) in [5, 5.41) is -0.437. The third-order valence-electron chi connectivity index (χ3n) is 2.58. The van der Waals surface area contributed by atoms with Crippen molar-refractivity contribution in [1.82, 2.24) is 0 Å². The molecular weight excluding hydrogens is 293 g/mol. The topological polar surface area (TPSA) is 37.4 Å². The summed E-state index contributed by atoms with van der Waals surface area (Å²) in [6, 6.07) is 7.39. The predicted octanol–water partition coefficient (Wildman–Crippen LogP) is 2.57. The summed E-state index contributed by atoms with van der Waals surface area (Å²) in [5.41, 5.74) is 0.800. The van der Waals surface area contributed by atoms with Crippen LogP contribution < -0.4 is 4.90 Å². The van der Waals surface area contributed by atoms with E-state index in [2.05, 4.69) is 15.9 Å². The lowest BCUT2D eigenvalue weighted by atomic mass is 10.1. The molecule has 0 N–H and O–H groups in total. The van der Waals surface area contributed by atoms with E-state index < -0.39 is 5.24 Å². The van der Waals surface area contributed by atoms with Gasteiger partial charge in [0, 0.05) is 23.1 Å². The van der Waals surface area contributed by atoms with E-state index in [4.69, 9.17) is 11.6 Å². The summed E-state index contributed by atoms with van der Waals surface area (Å²) in [5.74, 6) is -0.431. The highest BCUT2D eigenvalue weighted by atomic mass is 79.9. The molecule has 1 aromatic rings. The summed E-state index contributed by atoms with van der Waals surface area (Å²) < 4.78 is 0.952. The minimum atomic E-state index is -0.437. The van der Waals surface area contributed by atoms with Gasteiger partial charge >= 0.3 is 0 Å². The van der Waals surface area contributed by atoms with Crippen LogP contribution in [0.25, 0.3) is 0 Å². The fourth-order valence-corrected chi connectivity index (χ4v) is 2.14. The van der Waals surface area contributed by atoms with Crippen LogP contribution in [-0.4, -0.2) is 17.7 Å². The second-order valence-electron chi connectivity index (χ2n) is 3.69. The number of anilines is 1. The molecule has 0 bridgehead atoms. The average Bonchev–Trinajstić information content (AvgIpc) is 2.62. The standard InChI is InChI=1S/C11H9BrClNO2/c12-8-1-3-9(4-2-8)14-6-7(11(13)16)5-10(14)15/h1-4,7H,5-6H2/t7-/m1/s1. The van der Waals surface area contributed by atoms with Crippen molar-refractivity contribution in [2.24, 2.45) is 5.92 Å². The van der Waals surface area contributed by atoms with E-state index >= 15 is 0 Å². The maximum atomic E-state index is 11.7. The quantitative estimate of drug-likeness (QED) is 0.787. The number of rotatable bonds is 2. The van der Waals surface area contributed by atoms with Crippen molar-refractivity contribution in [3.05, 3.63) is 28.7 Å². The van der Waals surface area contributed by atoms with Crippen LogP contribution in [0.2, 0.25) is 0 Å². The number of amides is 1. The van der Waals surface area contributed by atoms with Crippen LogP contribution in [0.15, 0.2) is 28.7 Å². The molecule has 1 amide bonds. The van der Waals surface area contributed by atoms with Crippen molar-refractivity contribution >= 4 is 44.4 Å². The molecule has 0 radical (unpaired) electrons. The van der Waals surface area contributed by atoms with Gasteiger partial charge in [0.1, 0.15) is 0 Å². The van der Waals surface area contributed by atoms with Crippen molar-refractivity contribution in [1.29, 1.82) is 0 Å². The Labute approximate surface area is 107 Å². The summed E-state index contributed by atoms with van der Waals surface area (Å²) in [6.45, 7) is 0.378. The highest BCUT2D eigenvalue weighted by molar-refractivity contribution is 9.10. The molecule has 0 spiro atoms. The number of carbonyl (C=O) groups is 2. The summed E-state index contributed by atoms with van der Waals surface area (Å²) in [7, 11) is 0. The Morgan fingerprint density at radius 1 is 1.38 bits per heavy atom. The maximum absolute atomic E-state index is 11.7. The van der Waals surface area contributed by atoms with Crippen LogP contribution in [0.3, 0.4) is 0 Å². The minimum Gasteiger partial charge on any atom is -0.312 e. The van der Waals surface area contributed by atoms with Crippen LogP contribution in [0.1, 0.15) is 6.42 Å². The van der Waals surface area contributed by atoms with Crippen LogP contribution >= 0.6 is 27.5 Å². The number of hydrogen-bond donors (Lipinski definition) is 0. The molecule has 2 rings (SSSR count). The molecule has 1 saturated heterocycles. The van der Waals surface area contributed by atoms with Gasteiger partial charge in [0.15, 0.2) is 0 Å². The monoisotopic (exact) mass is 301 g/mol. The number of hydrogen-bond acceptors (Lipinski definition) is 2. The van der Waals surface area contributed by atoms with Crippen LogP contribution in [0, 0.1) is 5.92 Å². The molecule has 1 aliphatic heterocycles. The molecule has 84 valence electrons. The Bertz CT molecular complexity index is 432. The van der Waals surface area contributed by atoms with Crippen molar-refractivity contribution in [3.8, 4) is 0 Å². The second-order valence-corrected chi connectivity index (χ2v) is 4.97. The highest BCUT2D eigenvalue weighted by Gasteiger charge is 2.34. The molecule has 5 heteroatoms. The van der Waals surface area contributed by atoms with E-state index in [-0.39, 0.29) is 18.2 Å². The molecule has 0 aromatic heterocycles. The van der Waals surface area contributed by atoms with Gasteiger partial charge in [0.2, 0.25) is 11.1 Å². The molecule has 1 atom stereocenters. The van der Waals surface area contributed by atoms with E-state index in [1.165, 1.54) is 0 Å². The molecule has 0 unspecified atom stereocenters. The lowest BCUT2D eigenvalue weighted by Crippen LogP contribution is -2.24. The zero-order valence-corrected chi connectivity index (χ0v) is 10.7. The fourth-order valence-electron chi connectivity index (χ4n) is 1.73. The van der Waals surface area contributed by atoms with Gasteiger partial charge in [-0.1, -0.05) is 15.9 Å². The lowest BCUT2D eigenvalue weighted by molar-refractivity contribution is -0.120. The van der Waals surface area contributed by atoms with Crippen LogP contribution in [0.4, 0.5) is 5.69 Å². The maximum Gasteiger partial charge on any atom is 0.227 e. The third-order valence-corrected chi connectivity index (χ3v) is 3.42. The predicted molar refractivity (Wildman–Crippen MR) is 65.5 cm³/mol. The Hall–Kier alpha value is -0.870. The average molecular weight is 303 g/mol. The van der Waals surface area contributed by atoms with Gasteiger partial charge in [-0.3, -0.25) is 9.59 Å². The van der Waals surface area contributed by atoms with E-state index in [0.717, 1.165) is 10.2 Å². The first kappa shape index (κ1) is 11.6. The van der Waals surface area contributed by atoms with E-state index in [0.29, 0.717) is 6.54 Å². The molecule has 16 heavy (non-hydrogen) atoms. The molecule has 1 aromatic carbocycles. The van der Waals surface area contributed by atoms with Crippen molar-refractivity contribution in [3.63, 3.8) is 0 Å². The smallest absolute Gasteiger partial charge is 0.227 e. The van der Waals surface area contributed by atoms with E-state index in [1.807, 2.05) is 24.3 Å². The first-order valence-electron chi connectivity index (χ1n) is 4.83. The summed E-state index contributed by atoms with van der Waals surface area (Å²) in [4.78, 5) is 24.3. The van der Waals surface area contributed by atoms with Crippen molar-refractivity contribution in [2.75, 3.05) is 11.4 Å². The highest BCUT2D eigenvalue weighted by Crippen LogP contribution is 2.27. The Kier molecular flexibility index (Phi) is 3.30. The van der Waals surface area contributed by atoms with Gasteiger partial charge in [-0.25, -0.2) is 0 Å². The van der Waals surface area contributed by atoms with Crippen molar-refractivity contribution in [2.45, 2.75) is 6.42 Å². The third kappa shape index (κ3) is 2.28. The number of benzene rings is 1. The zero-order valence-electron chi connectivity index (χ0n) is 8.32. The Morgan fingerprint density at radius 2 is 2.00 bits per heavy atom. The van der Waals surface area contributed by atoms with Gasteiger partial charge in [-0.05, 0) is 35.9 Å². The van der Waals surface area contributed by atoms with Crippen molar-refractivity contribution < 1.29 is 9.59 Å². The van der Waals surface area contributed by atoms with E-state index in [9.17, 15) is 9.59 Å². The Morgan fingerprint density at radius 3 is 2.50 bits per heavy atom. The number of carbonyl (C=O) groups excluding carboxylic acids is 2. The summed E-state index contributed by atoms with van der Waals surface area (Å²) >= 11 is 8.73. The first-order valence-corrected chi connectivity index (χ1v) is 6.00. The van der Waals surface area contributed by atoms with Gasteiger partial charge in [-0.15, -0.1) is 0 Å². The lowest BCUT2D eigenvalue weighted by Gasteiger charge is -2.15. The van der Waals surface area contributed by atoms with Crippen LogP contribution in [-0.2, 0) is 9.59 Å². The molecule has 1 heterocycles. The second kappa shape index (κ2) is 4.55. The van der Waals surface area contributed by atoms with Gasteiger partial charge in [0.05, 0.1) is 5.92 Å².